The molecule has 4 amide bonds. The fraction of sp³-hybridized carbons (Fsp3) is 0.577. The first-order chi connectivity index (χ1) is 32.1. The number of fused-ring (bicyclic) bond motifs is 8. The van der Waals surface area contributed by atoms with E-state index in [1.54, 1.807) is 0 Å². The van der Waals surface area contributed by atoms with Crippen LogP contribution in [0.5, 0.6) is 0 Å². The van der Waals surface area contributed by atoms with E-state index < -0.39 is 12.2 Å². The molecule has 4 heterocycles. The molecular formula is C52H70N8O6. The van der Waals surface area contributed by atoms with Gasteiger partial charge in [-0.25, -0.2) is 19.6 Å². The van der Waals surface area contributed by atoms with Crippen molar-refractivity contribution in [1.29, 1.82) is 0 Å². The van der Waals surface area contributed by atoms with Crippen molar-refractivity contribution in [2.24, 2.45) is 5.92 Å². The first kappa shape index (κ1) is 46.9. The van der Waals surface area contributed by atoms with Crippen molar-refractivity contribution >= 4 is 24.0 Å². The third kappa shape index (κ3) is 9.21. The smallest absolute Gasteiger partial charge is 0.407 e. The summed E-state index contributed by atoms with van der Waals surface area (Å²) in [5, 5.41) is 5.09. The Morgan fingerprint density at radius 1 is 0.621 bits per heavy atom. The highest BCUT2D eigenvalue weighted by molar-refractivity contribution is 5.86. The lowest BCUT2D eigenvalue weighted by Gasteiger charge is -2.34. The van der Waals surface area contributed by atoms with Crippen LogP contribution in [0.2, 0.25) is 0 Å². The molecule has 2 saturated heterocycles. The third-order valence-corrected chi connectivity index (χ3v) is 14.6. The molecule has 2 bridgehead atoms. The van der Waals surface area contributed by atoms with Gasteiger partial charge in [-0.2, -0.15) is 0 Å². The molecule has 2 aromatic carbocycles. The van der Waals surface area contributed by atoms with Gasteiger partial charge in [-0.3, -0.25) is 9.59 Å². The van der Waals surface area contributed by atoms with Crippen molar-refractivity contribution in [2.45, 2.75) is 147 Å². The highest BCUT2D eigenvalue weighted by Crippen LogP contribution is 2.61. The van der Waals surface area contributed by atoms with Crippen molar-refractivity contribution in [3.63, 3.8) is 0 Å². The van der Waals surface area contributed by atoms with Gasteiger partial charge in [-0.05, 0) is 134 Å². The molecule has 4 aliphatic carbocycles. The number of carbonyl (C=O) groups is 4. The zero-order chi connectivity index (χ0) is 46.5. The Balaban J connectivity index is 0.000000938. The zero-order valence-electron chi connectivity index (χ0n) is 39.9. The van der Waals surface area contributed by atoms with Gasteiger partial charge in [0.05, 0.1) is 50.1 Å². The number of rotatable bonds is 9. The number of nitrogens with one attached hydrogen (secondary N) is 4. The van der Waals surface area contributed by atoms with E-state index in [0.717, 1.165) is 68.0 Å². The zero-order valence-corrected chi connectivity index (χ0v) is 39.9. The number of aromatic amines is 2. The molecule has 354 valence electrons. The van der Waals surface area contributed by atoms with E-state index in [1.807, 2.05) is 22.2 Å². The Hall–Kier alpha value is -5.66. The molecule has 2 aliphatic heterocycles. The number of piperidine rings is 2. The minimum Gasteiger partial charge on any atom is -0.453 e. The molecule has 6 atom stereocenters. The third-order valence-electron chi connectivity index (χ3n) is 14.6. The molecule has 4 unspecified atom stereocenters. The lowest BCUT2D eigenvalue weighted by molar-refractivity contribution is -0.134. The average Bonchev–Trinajstić information content (AvgIpc) is 4.20. The summed E-state index contributed by atoms with van der Waals surface area (Å²) in [6, 6.07) is 8.98. The van der Waals surface area contributed by atoms with E-state index in [4.69, 9.17) is 9.97 Å². The van der Waals surface area contributed by atoms with Crippen LogP contribution in [0, 0.1) is 5.92 Å². The van der Waals surface area contributed by atoms with Crippen LogP contribution in [-0.4, -0.2) is 94.1 Å². The van der Waals surface area contributed by atoms with Gasteiger partial charge in [0.15, 0.2) is 0 Å². The highest BCUT2D eigenvalue weighted by atomic mass is 16.5. The van der Waals surface area contributed by atoms with Crippen LogP contribution in [0.1, 0.15) is 175 Å². The van der Waals surface area contributed by atoms with Crippen molar-refractivity contribution in [1.82, 2.24) is 40.4 Å². The number of H-pyrrole nitrogens is 2. The van der Waals surface area contributed by atoms with Gasteiger partial charge in [-0.1, -0.05) is 64.8 Å². The van der Waals surface area contributed by atoms with Crippen molar-refractivity contribution in [3.8, 4) is 33.6 Å². The summed E-state index contributed by atoms with van der Waals surface area (Å²) < 4.78 is 9.36. The lowest BCUT2D eigenvalue weighted by atomic mass is 9.73. The van der Waals surface area contributed by atoms with E-state index in [2.05, 4.69) is 82.0 Å². The largest absolute Gasteiger partial charge is 0.453 e. The summed E-state index contributed by atoms with van der Waals surface area (Å²) in [7, 11) is 2.59. The van der Waals surface area contributed by atoms with Crippen LogP contribution in [0.25, 0.3) is 33.6 Å². The predicted octanol–water partition coefficient (Wildman–Crippen LogP) is 10.2. The van der Waals surface area contributed by atoms with Crippen LogP contribution in [0.4, 0.5) is 9.59 Å². The number of ether oxygens (including phenoxy) is 2. The van der Waals surface area contributed by atoms with Crippen LogP contribution in [-0.2, 0) is 25.5 Å². The topological polar surface area (TPSA) is 175 Å². The second-order valence-electron chi connectivity index (χ2n) is 19.1. The van der Waals surface area contributed by atoms with E-state index in [9.17, 15) is 19.2 Å². The number of hydrogen-bond donors (Lipinski definition) is 4. The quantitative estimate of drug-likeness (QED) is 0.128. The number of likely N-dealkylation sites (tertiary alicyclic amines) is 2. The number of imidazole rings is 2. The van der Waals surface area contributed by atoms with E-state index >= 15 is 0 Å². The first-order valence-corrected chi connectivity index (χ1v) is 24.8. The Labute approximate surface area is 389 Å². The minimum atomic E-state index is -0.616. The molecule has 4 aromatic rings. The number of benzene rings is 2. The maximum absolute atomic E-state index is 13.2. The Kier molecular flexibility index (Phi) is 14.8. The van der Waals surface area contributed by atoms with Gasteiger partial charge < -0.3 is 39.9 Å². The van der Waals surface area contributed by atoms with Crippen LogP contribution < -0.4 is 10.6 Å². The van der Waals surface area contributed by atoms with E-state index in [0.29, 0.717) is 36.8 Å². The van der Waals surface area contributed by atoms with Gasteiger partial charge >= 0.3 is 12.2 Å². The minimum absolute atomic E-state index is 0.107. The standard InChI is InChI=1S/C46H54N8O6.2C3H8/c1-59-45(57)49-23-38(55)53-17-5-3-7-36(53)43-47-21-34(51-43)31-16-14-30(40-26-9-10-27(19-26)41(31)40)29-13-15-32(42-28-12-11-25(28)20-33(29)42)35-22-48-44(52-35)37-8-4-6-18-54(37)39(56)24-50-46(58)60-2;2*1-3-2/h13-16,21-22,25-28,36-37H,3-12,17-20,23-24H2,1-2H3,(H,47,51)(H,48,52)(H,49,57)(H,50,58);2*3H2,1-2H3/t25?,26?,27?,28?,36-,37-;;/m0../s1. The van der Waals surface area contributed by atoms with Crippen LogP contribution in [0.15, 0.2) is 36.7 Å². The Morgan fingerprint density at radius 2 is 1.09 bits per heavy atom. The van der Waals surface area contributed by atoms with E-state index in [-0.39, 0.29) is 37.0 Å². The number of methoxy groups -OCH3 is 2. The monoisotopic (exact) mass is 903 g/mol. The van der Waals surface area contributed by atoms with Crippen LogP contribution in [0.3, 0.4) is 0 Å². The molecule has 14 nitrogen and oxygen atoms in total. The summed E-state index contributed by atoms with van der Waals surface area (Å²) in [5.74, 6) is 3.55. The second kappa shape index (κ2) is 20.9. The van der Waals surface area contributed by atoms with Crippen molar-refractivity contribution in [2.75, 3.05) is 40.4 Å². The first-order valence-electron chi connectivity index (χ1n) is 24.8. The molecular weight excluding hydrogens is 833 g/mol. The molecule has 2 aromatic heterocycles. The second-order valence-corrected chi connectivity index (χ2v) is 19.1. The molecule has 66 heavy (non-hydrogen) atoms. The summed E-state index contributed by atoms with van der Waals surface area (Å²) in [4.78, 5) is 70.7. The number of alkyl carbamates (subject to hydrolysis) is 2. The highest BCUT2D eigenvalue weighted by Gasteiger charge is 2.45. The fourth-order valence-electron chi connectivity index (χ4n) is 11.7. The van der Waals surface area contributed by atoms with E-state index in [1.165, 1.54) is 104 Å². The number of nitrogens with zero attached hydrogens (tertiary/aromatic N) is 4. The summed E-state index contributed by atoms with van der Waals surface area (Å²) in [5.41, 5.74) is 13.1. The Bertz CT molecular complexity index is 2390. The summed E-state index contributed by atoms with van der Waals surface area (Å²) in [6.07, 6.45) is 17.8. The average molecular weight is 903 g/mol. The van der Waals surface area contributed by atoms with Gasteiger partial charge in [0.2, 0.25) is 11.8 Å². The normalized spacial score (nSPS) is 23.2. The van der Waals surface area contributed by atoms with Crippen molar-refractivity contribution in [3.05, 3.63) is 70.6 Å². The SMILES string of the molecule is CCC.CCC.COC(=O)NCC(=O)N1CCCC[C@H]1c1ncc(-c2ccc(-c3ccc(-c4cnc([C@@H]5CCCCN5C(=O)CNC(=O)OC)[nH]4)c4c3CC3CCC43)c3c2C2CCC3C2)[nH]1. The molecule has 0 radical (unpaired) electrons. The van der Waals surface area contributed by atoms with Gasteiger partial charge in [-0.15, -0.1) is 0 Å². The summed E-state index contributed by atoms with van der Waals surface area (Å²) >= 11 is 0. The molecule has 10 rings (SSSR count). The lowest BCUT2D eigenvalue weighted by Crippen LogP contribution is -2.44. The molecule has 4 N–H and O–H groups in total. The molecule has 0 spiro atoms. The Morgan fingerprint density at radius 3 is 1.58 bits per heavy atom. The predicted molar refractivity (Wildman–Crippen MR) is 255 cm³/mol. The number of carbonyl (C=O) groups excluding carboxylic acids is 4. The van der Waals surface area contributed by atoms with Gasteiger partial charge in [0.1, 0.15) is 24.7 Å². The molecule has 6 aliphatic rings. The van der Waals surface area contributed by atoms with Crippen LogP contribution >= 0.6 is 0 Å². The number of amides is 4. The maximum atomic E-state index is 13.2. The molecule has 14 heteroatoms. The molecule has 2 saturated carbocycles. The summed E-state index contributed by atoms with van der Waals surface area (Å²) in [6.45, 7) is 9.54. The number of aromatic nitrogens is 4. The van der Waals surface area contributed by atoms with Gasteiger partial charge in [0, 0.05) is 24.2 Å². The maximum Gasteiger partial charge on any atom is 0.407 e. The fourth-order valence-corrected chi connectivity index (χ4v) is 11.7. The number of hydrogen-bond acceptors (Lipinski definition) is 8. The molecule has 4 fully saturated rings. The van der Waals surface area contributed by atoms with Gasteiger partial charge in [0.25, 0.3) is 0 Å². The van der Waals surface area contributed by atoms with Crippen molar-refractivity contribution < 1.29 is 28.7 Å².